The van der Waals surface area contributed by atoms with Crippen molar-refractivity contribution < 1.29 is 0 Å². The smallest absolute Gasteiger partial charge is 0.101 e. The van der Waals surface area contributed by atoms with Crippen molar-refractivity contribution >= 4 is 10.8 Å². The number of hydrogen-bond acceptors (Lipinski definition) is 4. The van der Waals surface area contributed by atoms with Crippen LogP contribution in [0.15, 0.2) is 73.1 Å². The lowest BCUT2D eigenvalue weighted by Crippen LogP contribution is -2.16. The first-order valence-electron chi connectivity index (χ1n) is 9.12. The summed E-state index contributed by atoms with van der Waals surface area (Å²) in [5, 5.41) is 11.6. The monoisotopic (exact) mass is 354 g/mol. The van der Waals surface area contributed by atoms with Gasteiger partial charge in [-0.05, 0) is 48.6 Å². The summed E-state index contributed by atoms with van der Waals surface area (Å²) in [5.74, 6) is 0. The van der Waals surface area contributed by atoms with Crippen LogP contribution in [-0.4, -0.2) is 40.7 Å². The quantitative estimate of drug-likeness (QED) is 0.530. The Labute approximate surface area is 159 Å². The maximum Gasteiger partial charge on any atom is 0.101 e. The normalized spacial score (nSPS) is 11.2. The average Bonchev–Trinajstić information content (AvgIpc) is 2.72. The van der Waals surface area contributed by atoms with Crippen LogP contribution in [0.25, 0.3) is 33.2 Å². The Morgan fingerprint density at radius 2 is 1.59 bits per heavy atom. The third-order valence-corrected chi connectivity index (χ3v) is 4.70. The molecule has 0 unspecified atom stereocenters. The molecule has 0 radical (unpaired) electrons. The Morgan fingerprint density at radius 3 is 2.41 bits per heavy atom. The van der Waals surface area contributed by atoms with Crippen molar-refractivity contribution in [2.45, 2.75) is 6.42 Å². The van der Waals surface area contributed by atoms with E-state index in [2.05, 4.69) is 82.7 Å². The lowest BCUT2D eigenvalue weighted by atomic mass is 9.96. The second kappa shape index (κ2) is 7.64. The van der Waals surface area contributed by atoms with Gasteiger partial charge in [-0.15, -0.1) is 5.10 Å². The SMILES string of the molecule is CN(C)CCc1cc(-c2ccncc2)c(-c2cccc3ccccc23)nn1. The molecule has 0 bridgehead atoms. The maximum atomic E-state index is 4.66. The number of benzene rings is 2. The second-order valence-corrected chi connectivity index (χ2v) is 6.91. The Bertz CT molecular complexity index is 1050. The van der Waals surface area contributed by atoms with Gasteiger partial charge < -0.3 is 4.90 Å². The van der Waals surface area contributed by atoms with E-state index in [-0.39, 0.29) is 0 Å². The van der Waals surface area contributed by atoms with Crippen molar-refractivity contribution in [1.29, 1.82) is 0 Å². The third kappa shape index (κ3) is 3.71. The highest BCUT2D eigenvalue weighted by Gasteiger charge is 2.14. The van der Waals surface area contributed by atoms with Gasteiger partial charge in [0.1, 0.15) is 5.69 Å². The first-order chi connectivity index (χ1) is 13.2. The number of rotatable bonds is 5. The van der Waals surface area contributed by atoms with Crippen molar-refractivity contribution in [3.05, 3.63) is 78.8 Å². The molecule has 0 spiro atoms. The van der Waals surface area contributed by atoms with Crippen LogP contribution in [0.1, 0.15) is 5.69 Å². The summed E-state index contributed by atoms with van der Waals surface area (Å²) in [4.78, 5) is 6.32. The topological polar surface area (TPSA) is 41.9 Å². The highest BCUT2D eigenvalue weighted by Crippen LogP contribution is 2.34. The Hall–Kier alpha value is -3.11. The summed E-state index contributed by atoms with van der Waals surface area (Å²) < 4.78 is 0. The molecule has 0 aliphatic heterocycles. The predicted octanol–water partition coefficient (Wildman–Crippen LogP) is 4.46. The fourth-order valence-corrected chi connectivity index (χ4v) is 3.27. The van der Waals surface area contributed by atoms with E-state index >= 15 is 0 Å². The van der Waals surface area contributed by atoms with Crippen molar-refractivity contribution in [3.8, 4) is 22.4 Å². The van der Waals surface area contributed by atoms with Gasteiger partial charge in [-0.3, -0.25) is 4.98 Å². The third-order valence-electron chi connectivity index (χ3n) is 4.70. The highest BCUT2D eigenvalue weighted by atomic mass is 15.1. The zero-order chi connectivity index (χ0) is 18.6. The van der Waals surface area contributed by atoms with Gasteiger partial charge in [-0.2, -0.15) is 5.10 Å². The van der Waals surface area contributed by atoms with Crippen LogP contribution in [-0.2, 0) is 6.42 Å². The summed E-state index contributed by atoms with van der Waals surface area (Å²) in [6.45, 7) is 0.943. The molecular formula is C23H22N4. The van der Waals surface area contributed by atoms with Crippen LogP contribution in [0, 0.1) is 0 Å². The Morgan fingerprint density at radius 1 is 0.815 bits per heavy atom. The van der Waals surface area contributed by atoms with Gasteiger partial charge in [0.05, 0.1) is 5.69 Å². The van der Waals surface area contributed by atoms with Gasteiger partial charge in [0, 0.05) is 36.5 Å². The number of pyridine rings is 1. The van der Waals surface area contributed by atoms with Crippen LogP contribution in [0.4, 0.5) is 0 Å². The van der Waals surface area contributed by atoms with E-state index in [0.717, 1.165) is 41.0 Å². The van der Waals surface area contributed by atoms with E-state index in [9.17, 15) is 0 Å². The molecule has 2 heterocycles. The number of likely N-dealkylation sites (N-methyl/N-ethyl adjacent to an activating group) is 1. The molecular weight excluding hydrogens is 332 g/mol. The van der Waals surface area contributed by atoms with Crippen molar-refractivity contribution in [2.75, 3.05) is 20.6 Å². The molecule has 0 saturated heterocycles. The highest BCUT2D eigenvalue weighted by molar-refractivity contribution is 5.99. The van der Waals surface area contributed by atoms with Crippen LogP contribution < -0.4 is 0 Å². The van der Waals surface area contributed by atoms with Gasteiger partial charge in [0.25, 0.3) is 0 Å². The molecule has 2 aromatic carbocycles. The fraction of sp³-hybridized carbons (Fsp3) is 0.174. The molecule has 4 nitrogen and oxygen atoms in total. The minimum absolute atomic E-state index is 0.869. The van der Waals surface area contributed by atoms with Gasteiger partial charge in [-0.25, -0.2) is 0 Å². The fourth-order valence-electron chi connectivity index (χ4n) is 3.27. The van der Waals surface area contributed by atoms with Gasteiger partial charge in [0.15, 0.2) is 0 Å². The van der Waals surface area contributed by atoms with Gasteiger partial charge >= 0.3 is 0 Å². The van der Waals surface area contributed by atoms with Crippen LogP contribution in [0.3, 0.4) is 0 Å². The summed E-state index contributed by atoms with van der Waals surface area (Å²) in [7, 11) is 4.14. The lowest BCUT2D eigenvalue weighted by Gasteiger charge is -2.13. The van der Waals surface area contributed by atoms with E-state index in [0.29, 0.717) is 0 Å². The molecule has 0 atom stereocenters. The Kier molecular flexibility index (Phi) is 4.90. The molecule has 0 N–H and O–H groups in total. The summed E-state index contributed by atoms with van der Waals surface area (Å²) >= 11 is 0. The number of nitrogens with zero attached hydrogens (tertiary/aromatic N) is 4. The van der Waals surface area contributed by atoms with E-state index in [1.54, 1.807) is 0 Å². The minimum Gasteiger partial charge on any atom is -0.309 e. The van der Waals surface area contributed by atoms with Crippen LogP contribution in [0.5, 0.6) is 0 Å². The van der Waals surface area contributed by atoms with Crippen molar-refractivity contribution in [2.24, 2.45) is 0 Å². The molecule has 4 aromatic rings. The zero-order valence-electron chi connectivity index (χ0n) is 15.6. The number of hydrogen-bond donors (Lipinski definition) is 0. The molecule has 4 rings (SSSR count). The van der Waals surface area contributed by atoms with E-state index in [4.69, 9.17) is 0 Å². The minimum atomic E-state index is 0.869. The predicted molar refractivity (Wildman–Crippen MR) is 110 cm³/mol. The molecule has 134 valence electrons. The molecule has 0 saturated carbocycles. The standard InChI is InChI=1S/C23H22N4/c1-27(2)15-12-19-16-22(18-10-13-24-14-11-18)23(26-25-19)21-9-5-7-17-6-3-4-8-20(17)21/h3-11,13-14,16H,12,15H2,1-2H3. The zero-order valence-corrected chi connectivity index (χ0v) is 15.6. The van der Waals surface area contributed by atoms with Gasteiger partial charge in [0.2, 0.25) is 0 Å². The molecule has 2 aromatic heterocycles. The summed E-state index contributed by atoms with van der Waals surface area (Å²) in [6, 6.07) is 21.0. The van der Waals surface area contributed by atoms with Crippen LogP contribution >= 0.6 is 0 Å². The molecule has 0 aliphatic carbocycles. The maximum absolute atomic E-state index is 4.66. The average molecular weight is 354 g/mol. The molecule has 27 heavy (non-hydrogen) atoms. The van der Waals surface area contributed by atoms with Crippen molar-refractivity contribution in [1.82, 2.24) is 20.1 Å². The first-order valence-corrected chi connectivity index (χ1v) is 9.12. The molecule has 0 amide bonds. The van der Waals surface area contributed by atoms with Crippen molar-refractivity contribution in [3.63, 3.8) is 0 Å². The number of fused-ring (bicyclic) bond motifs is 1. The summed E-state index contributed by atoms with van der Waals surface area (Å²) in [5.41, 5.74) is 5.21. The Balaban J connectivity index is 1.89. The van der Waals surface area contributed by atoms with E-state index < -0.39 is 0 Å². The first kappa shape index (κ1) is 17.3. The van der Waals surface area contributed by atoms with Gasteiger partial charge in [-0.1, -0.05) is 42.5 Å². The summed E-state index contributed by atoms with van der Waals surface area (Å²) in [6.07, 6.45) is 4.51. The molecule has 4 heteroatoms. The lowest BCUT2D eigenvalue weighted by molar-refractivity contribution is 0.411. The van der Waals surface area contributed by atoms with E-state index in [1.165, 1.54) is 10.8 Å². The largest absolute Gasteiger partial charge is 0.309 e. The van der Waals surface area contributed by atoms with E-state index in [1.807, 2.05) is 24.5 Å². The second-order valence-electron chi connectivity index (χ2n) is 6.91. The number of aromatic nitrogens is 3. The van der Waals surface area contributed by atoms with Crippen LogP contribution in [0.2, 0.25) is 0 Å². The molecule has 0 aliphatic rings. The molecule has 0 fully saturated rings.